The lowest BCUT2D eigenvalue weighted by atomic mass is 10.1. The zero-order chi connectivity index (χ0) is 13.5. The molecule has 0 amide bonds. The number of hydrogen-bond donors (Lipinski definition) is 1. The second-order valence-electron chi connectivity index (χ2n) is 4.86. The highest BCUT2D eigenvalue weighted by molar-refractivity contribution is 7.99. The summed E-state index contributed by atoms with van der Waals surface area (Å²) in [6.07, 6.45) is 0. The first-order valence-corrected chi connectivity index (χ1v) is 7.70. The van der Waals surface area contributed by atoms with E-state index in [0.29, 0.717) is 17.8 Å². The predicted octanol–water partition coefficient (Wildman–Crippen LogP) is 3.86. The van der Waals surface area contributed by atoms with Crippen LogP contribution in [0.25, 0.3) is 0 Å². The lowest BCUT2D eigenvalue weighted by molar-refractivity contribution is 0.335. The first-order valence-electron chi connectivity index (χ1n) is 6.65. The Bertz CT molecular complexity index is 354. The molecule has 0 heterocycles. The van der Waals surface area contributed by atoms with E-state index in [1.165, 1.54) is 0 Å². The maximum Gasteiger partial charge on any atom is 0.124 e. The Kier molecular flexibility index (Phi) is 6.58. The number of hydrogen-bond acceptors (Lipinski definition) is 3. The van der Waals surface area contributed by atoms with Gasteiger partial charge in [-0.15, -0.1) is 0 Å². The van der Waals surface area contributed by atoms with Crippen molar-refractivity contribution in [3.8, 4) is 5.75 Å². The summed E-state index contributed by atoms with van der Waals surface area (Å²) in [7, 11) is 0. The standard InChI is InChI=1S/C15H25NOS/c1-5-17-15-9-7-6-8-13(15)14(16)10-18-12(4)11(2)3/h6-9,11-12,14H,5,10,16H2,1-4H3. The lowest BCUT2D eigenvalue weighted by Gasteiger charge is -2.20. The Morgan fingerprint density at radius 1 is 1.22 bits per heavy atom. The minimum absolute atomic E-state index is 0.0407. The van der Waals surface area contributed by atoms with Gasteiger partial charge in [-0.1, -0.05) is 39.0 Å². The van der Waals surface area contributed by atoms with Crippen molar-refractivity contribution in [2.75, 3.05) is 12.4 Å². The molecule has 0 aliphatic rings. The van der Waals surface area contributed by atoms with E-state index < -0.39 is 0 Å². The number of rotatable bonds is 7. The van der Waals surface area contributed by atoms with Crippen LogP contribution in [-0.4, -0.2) is 17.6 Å². The molecule has 2 atom stereocenters. The molecule has 2 N–H and O–H groups in total. The number of benzene rings is 1. The van der Waals surface area contributed by atoms with Crippen molar-refractivity contribution in [1.82, 2.24) is 0 Å². The van der Waals surface area contributed by atoms with Crippen LogP contribution in [-0.2, 0) is 0 Å². The average Bonchev–Trinajstić information content (AvgIpc) is 2.36. The molecule has 2 nitrogen and oxygen atoms in total. The lowest BCUT2D eigenvalue weighted by Crippen LogP contribution is -2.17. The molecular formula is C15H25NOS. The number of thioether (sulfide) groups is 1. The third-order valence-corrected chi connectivity index (χ3v) is 4.72. The smallest absolute Gasteiger partial charge is 0.124 e. The van der Waals surface area contributed by atoms with Crippen LogP contribution in [0.3, 0.4) is 0 Å². The van der Waals surface area contributed by atoms with Crippen molar-refractivity contribution in [3.63, 3.8) is 0 Å². The highest BCUT2D eigenvalue weighted by atomic mass is 32.2. The number of para-hydroxylation sites is 1. The monoisotopic (exact) mass is 267 g/mol. The number of ether oxygens (including phenoxy) is 1. The van der Waals surface area contributed by atoms with Gasteiger partial charge in [-0.05, 0) is 18.9 Å². The normalized spacial score (nSPS) is 14.6. The highest BCUT2D eigenvalue weighted by Crippen LogP contribution is 2.28. The second kappa shape index (κ2) is 7.70. The molecule has 0 spiro atoms. The van der Waals surface area contributed by atoms with Gasteiger partial charge in [-0.3, -0.25) is 0 Å². The fourth-order valence-corrected chi connectivity index (χ4v) is 2.69. The van der Waals surface area contributed by atoms with E-state index in [9.17, 15) is 0 Å². The summed E-state index contributed by atoms with van der Waals surface area (Å²) >= 11 is 1.93. The zero-order valence-electron chi connectivity index (χ0n) is 11.8. The highest BCUT2D eigenvalue weighted by Gasteiger charge is 2.14. The third-order valence-electron chi connectivity index (χ3n) is 3.10. The third kappa shape index (κ3) is 4.54. The van der Waals surface area contributed by atoms with Crippen LogP contribution in [0.15, 0.2) is 24.3 Å². The SMILES string of the molecule is CCOc1ccccc1C(N)CSC(C)C(C)C. The van der Waals surface area contributed by atoms with Gasteiger partial charge in [0, 0.05) is 22.6 Å². The molecule has 1 aromatic rings. The van der Waals surface area contributed by atoms with Gasteiger partial charge < -0.3 is 10.5 Å². The largest absolute Gasteiger partial charge is 0.494 e. The van der Waals surface area contributed by atoms with Crippen molar-refractivity contribution in [1.29, 1.82) is 0 Å². The van der Waals surface area contributed by atoms with Crippen molar-refractivity contribution in [2.24, 2.45) is 11.7 Å². The second-order valence-corrected chi connectivity index (χ2v) is 6.27. The molecule has 1 aromatic carbocycles. The van der Waals surface area contributed by atoms with Gasteiger partial charge in [0.05, 0.1) is 6.61 Å². The molecule has 0 radical (unpaired) electrons. The molecule has 3 heteroatoms. The van der Waals surface area contributed by atoms with Crippen molar-refractivity contribution >= 4 is 11.8 Å². The molecule has 0 aromatic heterocycles. The summed E-state index contributed by atoms with van der Waals surface area (Å²) in [5.41, 5.74) is 7.39. The molecule has 2 unspecified atom stereocenters. The van der Waals surface area contributed by atoms with Crippen LogP contribution in [0, 0.1) is 5.92 Å². The van der Waals surface area contributed by atoms with Crippen LogP contribution < -0.4 is 10.5 Å². The molecule has 1 rings (SSSR count). The van der Waals surface area contributed by atoms with E-state index in [2.05, 4.69) is 26.8 Å². The summed E-state index contributed by atoms with van der Waals surface area (Å²) in [5, 5.41) is 0.635. The zero-order valence-corrected chi connectivity index (χ0v) is 12.7. The predicted molar refractivity (Wildman–Crippen MR) is 81.3 cm³/mol. The minimum Gasteiger partial charge on any atom is -0.494 e. The Balaban J connectivity index is 2.63. The summed E-state index contributed by atoms with van der Waals surface area (Å²) in [5.74, 6) is 2.54. The fraction of sp³-hybridized carbons (Fsp3) is 0.600. The van der Waals surface area contributed by atoms with Gasteiger partial charge in [-0.2, -0.15) is 11.8 Å². The van der Waals surface area contributed by atoms with Gasteiger partial charge in [0.25, 0.3) is 0 Å². The van der Waals surface area contributed by atoms with E-state index in [4.69, 9.17) is 10.5 Å². The molecule has 0 saturated carbocycles. The maximum atomic E-state index is 6.27. The van der Waals surface area contributed by atoms with Crippen LogP contribution in [0.2, 0.25) is 0 Å². The molecule has 0 fully saturated rings. The van der Waals surface area contributed by atoms with Gasteiger partial charge >= 0.3 is 0 Å². The quantitative estimate of drug-likeness (QED) is 0.814. The molecule has 0 saturated heterocycles. The van der Waals surface area contributed by atoms with Crippen LogP contribution in [0.1, 0.15) is 39.3 Å². The first-order chi connectivity index (χ1) is 8.56. The Morgan fingerprint density at radius 2 is 1.89 bits per heavy atom. The van der Waals surface area contributed by atoms with E-state index >= 15 is 0 Å². The van der Waals surface area contributed by atoms with Crippen LogP contribution in [0.4, 0.5) is 0 Å². The van der Waals surface area contributed by atoms with Crippen LogP contribution in [0.5, 0.6) is 5.75 Å². The van der Waals surface area contributed by atoms with Crippen molar-refractivity contribution in [3.05, 3.63) is 29.8 Å². The van der Waals surface area contributed by atoms with Gasteiger partial charge in [0.2, 0.25) is 0 Å². The number of nitrogens with two attached hydrogens (primary N) is 1. The molecule has 102 valence electrons. The average molecular weight is 267 g/mol. The van der Waals surface area contributed by atoms with Gasteiger partial charge in [0.15, 0.2) is 0 Å². The Hall–Kier alpha value is -0.670. The fourth-order valence-electron chi connectivity index (χ4n) is 1.61. The summed E-state index contributed by atoms with van der Waals surface area (Å²) in [4.78, 5) is 0. The van der Waals surface area contributed by atoms with Crippen molar-refractivity contribution < 1.29 is 4.74 Å². The maximum absolute atomic E-state index is 6.27. The Labute approximate surface area is 115 Å². The summed E-state index contributed by atoms with van der Waals surface area (Å²) in [6, 6.07) is 8.11. The van der Waals surface area contributed by atoms with Gasteiger partial charge in [0.1, 0.15) is 5.75 Å². The summed E-state index contributed by atoms with van der Waals surface area (Å²) in [6.45, 7) is 9.43. The molecule has 0 aliphatic heterocycles. The molecular weight excluding hydrogens is 242 g/mol. The van der Waals surface area contributed by atoms with E-state index in [0.717, 1.165) is 17.1 Å². The molecule has 0 aliphatic carbocycles. The van der Waals surface area contributed by atoms with E-state index in [-0.39, 0.29) is 6.04 Å². The first kappa shape index (κ1) is 15.4. The van der Waals surface area contributed by atoms with Gasteiger partial charge in [-0.25, -0.2) is 0 Å². The molecule has 18 heavy (non-hydrogen) atoms. The Morgan fingerprint density at radius 3 is 2.50 bits per heavy atom. The van der Waals surface area contributed by atoms with E-state index in [1.807, 2.05) is 36.9 Å². The van der Waals surface area contributed by atoms with E-state index in [1.54, 1.807) is 0 Å². The minimum atomic E-state index is 0.0407. The van der Waals surface area contributed by atoms with Crippen LogP contribution >= 0.6 is 11.8 Å². The molecule has 0 bridgehead atoms. The topological polar surface area (TPSA) is 35.2 Å². The summed E-state index contributed by atoms with van der Waals surface area (Å²) < 4.78 is 5.62. The van der Waals surface area contributed by atoms with Crippen molar-refractivity contribution in [2.45, 2.75) is 39.0 Å².